The first-order valence-corrected chi connectivity index (χ1v) is 6.04. The van der Waals surface area contributed by atoms with Crippen LogP contribution >= 0.6 is 0 Å². The van der Waals surface area contributed by atoms with Gasteiger partial charge in [0.25, 0.3) is 0 Å². The Kier molecular flexibility index (Phi) is 5.01. The van der Waals surface area contributed by atoms with Gasteiger partial charge >= 0.3 is 12.0 Å². The lowest BCUT2D eigenvalue weighted by Crippen LogP contribution is -2.38. The van der Waals surface area contributed by atoms with Gasteiger partial charge in [0.05, 0.1) is 11.3 Å². The minimum absolute atomic E-state index is 0.0754. The summed E-state index contributed by atoms with van der Waals surface area (Å²) in [6.45, 7) is 3.69. The Balaban J connectivity index is 3.05. The maximum absolute atomic E-state index is 13.2. The van der Waals surface area contributed by atoms with E-state index in [1.807, 2.05) is 13.8 Å². The lowest BCUT2D eigenvalue weighted by atomic mass is 10.1. The summed E-state index contributed by atoms with van der Waals surface area (Å²) >= 11 is 0. The van der Waals surface area contributed by atoms with Crippen LogP contribution in [-0.4, -0.2) is 35.1 Å². The van der Waals surface area contributed by atoms with E-state index < -0.39 is 29.2 Å². The van der Waals surface area contributed by atoms with Crippen LogP contribution in [0.5, 0.6) is 0 Å². The Labute approximate surface area is 115 Å². The number of hydrogen-bond donors (Lipinski definition) is 2. The van der Waals surface area contributed by atoms with E-state index in [-0.39, 0.29) is 11.7 Å². The van der Waals surface area contributed by atoms with Gasteiger partial charge in [-0.25, -0.2) is 18.4 Å². The van der Waals surface area contributed by atoms with Crippen LogP contribution in [0.3, 0.4) is 0 Å². The Morgan fingerprint density at radius 2 is 1.90 bits per heavy atom. The van der Waals surface area contributed by atoms with Crippen LogP contribution in [-0.2, 0) is 0 Å². The van der Waals surface area contributed by atoms with Crippen LogP contribution in [0.25, 0.3) is 0 Å². The lowest BCUT2D eigenvalue weighted by molar-refractivity contribution is 0.0697. The van der Waals surface area contributed by atoms with E-state index in [0.717, 1.165) is 0 Å². The summed E-state index contributed by atoms with van der Waals surface area (Å²) in [6.07, 6.45) is 0.702. The van der Waals surface area contributed by atoms with Gasteiger partial charge < -0.3 is 15.3 Å². The molecular formula is C13H16F2N2O3. The van der Waals surface area contributed by atoms with Gasteiger partial charge in [0, 0.05) is 19.2 Å². The number of benzene rings is 1. The highest BCUT2D eigenvalue weighted by molar-refractivity contribution is 6.00. The SMILES string of the molecule is CCC(C)N(C)C(=O)Nc1cc(F)c(F)cc1C(=O)O. The average Bonchev–Trinajstić information content (AvgIpc) is 2.40. The van der Waals surface area contributed by atoms with Gasteiger partial charge in [-0.05, 0) is 19.4 Å². The smallest absolute Gasteiger partial charge is 0.337 e. The summed E-state index contributed by atoms with van der Waals surface area (Å²) in [5.41, 5.74) is -0.786. The number of carbonyl (C=O) groups excluding carboxylic acids is 1. The highest BCUT2D eigenvalue weighted by atomic mass is 19.2. The zero-order valence-corrected chi connectivity index (χ0v) is 11.4. The largest absolute Gasteiger partial charge is 0.478 e. The molecule has 0 aliphatic rings. The molecule has 0 saturated heterocycles. The van der Waals surface area contributed by atoms with Gasteiger partial charge in [0.2, 0.25) is 0 Å². The molecule has 20 heavy (non-hydrogen) atoms. The van der Waals surface area contributed by atoms with E-state index in [1.165, 1.54) is 11.9 Å². The summed E-state index contributed by atoms with van der Waals surface area (Å²) in [6, 6.07) is 0.527. The van der Waals surface area contributed by atoms with E-state index in [1.54, 1.807) is 0 Å². The van der Waals surface area contributed by atoms with Crippen LogP contribution in [0.4, 0.5) is 19.3 Å². The summed E-state index contributed by atoms with van der Waals surface area (Å²) in [4.78, 5) is 24.2. The Bertz CT molecular complexity index is 535. The fraction of sp³-hybridized carbons (Fsp3) is 0.385. The van der Waals surface area contributed by atoms with Gasteiger partial charge in [-0.2, -0.15) is 0 Å². The maximum Gasteiger partial charge on any atom is 0.337 e. The van der Waals surface area contributed by atoms with Crippen LogP contribution in [0.1, 0.15) is 30.6 Å². The van der Waals surface area contributed by atoms with Crippen molar-refractivity contribution in [2.75, 3.05) is 12.4 Å². The number of carboxylic acid groups (broad SMARTS) is 1. The van der Waals surface area contributed by atoms with Crippen molar-refractivity contribution in [3.63, 3.8) is 0 Å². The summed E-state index contributed by atoms with van der Waals surface area (Å²) in [7, 11) is 1.53. The molecular weight excluding hydrogens is 270 g/mol. The number of amides is 2. The number of hydrogen-bond acceptors (Lipinski definition) is 2. The summed E-state index contributed by atoms with van der Waals surface area (Å²) in [5.74, 6) is -3.96. The van der Waals surface area contributed by atoms with E-state index in [9.17, 15) is 18.4 Å². The molecule has 7 heteroatoms. The van der Waals surface area contributed by atoms with Crippen molar-refractivity contribution in [1.29, 1.82) is 0 Å². The predicted octanol–water partition coefficient (Wildman–Crippen LogP) is 2.93. The highest BCUT2D eigenvalue weighted by Crippen LogP contribution is 2.21. The van der Waals surface area contributed by atoms with Crippen molar-refractivity contribution < 1.29 is 23.5 Å². The van der Waals surface area contributed by atoms with Crippen molar-refractivity contribution in [3.8, 4) is 0 Å². The fourth-order valence-corrected chi connectivity index (χ4v) is 1.50. The molecule has 2 amide bonds. The molecule has 2 N–H and O–H groups in total. The molecule has 0 saturated carbocycles. The van der Waals surface area contributed by atoms with Crippen molar-refractivity contribution in [1.82, 2.24) is 4.90 Å². The van der Waals surface area contributed by atoms with Crippen molar-refractivity contribution >= 4 is 17.7 Å². The molecule has 0 spiro atoms. The third-order valence-corrected chi connectivity index (χ3v) is 3.10. The fourth-order valence-electron chi connectivity index (χ4n) is 1.50. The zero-order valence-electron chi connectivity index (χ0n) is 11.4. The van der Waals surface area contributed by atoms with E-state index >= 15 is 0 Å². The van der Waals surface area contributed by atoms with Crippen LogP contribution in [0, 0.1) is 11.6 Å². The van der Waals surface area contributed by atoms with Crippen LogP contribution in [0.15, 0.2) is 12.1 Å². The first-order valence-electron chi connectivity index (χ1n) is 6.04. The number of nitrogens with one attached hydrogen (secondary N) is 1. The molecule has 1 aromatic carbocycles. The Hall–Kier alpha value is -2.18. The molecule has 0 radical (unpaired) electrons. The van der Waals surface area contributed by atoms with Gasteiger partial charge in [0.1, 0.15) is 0 Å². The molecule has 1 aromatic rings. The van der Waals surface area contributed by atoms with E-state index in [4.69, 9.17) is 5.11 Å². The number of aromatic carboxylic acids is 1. The summed E-state index contributed by atoms with van der Waals surface area (Å²) < 4.78 is 26.2. The minimum Gasteiger partial charge on any atom is -0.478 e. The molecule has 1 unspecified atom stereocenters. The maximum atomic E-state index is 13.2. The monoisotopic (exact) mass is 286 g/mol. The topological polar surface area (TPSA) is 69.6 Å². The number of anilines is 1. The van der Waals surface area contributed by atoms with Crippen molar-refractivity contribution in [2.24, 2.45) is 0 Å². The standard InChI is InChI=1S/C13H16F2N2O3/c1-4-7(2)17(3)13(20)16-11-6-10(15)9(14)5-8(11)12(18)19/h5-7H,4H2,1-3H3,(H,16,20)(H,18,19). The summed E-state index contributed by atoms with van der Waals surface area (Å²) in [5, 5.41) is 11.2. The molecule has 1 atom stereocenters. The highest BCUT2D eigenvalue weighted by Gasteiger charge is 2.20. The molecule has 0 aromatic heterocycles. The molecule has 5 nitrogen and oxygen atoms in total. The quantitative estimate of drug-likeness (QED) is 0.894. The molecule has 1 rings (SSSR count). The average molecular weight is 286 g/mol. The molecule has 0 bridgehead atoms. The Morgan fingerprint density at radius 3 is 2.40 bits per heavy atom. The molecule has 0 fully saturated rings. The second-order valence-corrected chi connectivity index (χ2v) is 4.42. The number of rotatable bonds is 4. The lowest BCUT2D eigenvalue weighted by Gasteiger charge is -2.24. The van der Waals surface area contributed by atoms with Crippen molar-refractivity contribution in [3.05, 3.63) is 29.3 Å². The number of halogens is 2. The van der Waals surface area contributed by atoms with E-state index in [0.29, 0.717) is 18.6 Å². The van der Waals surface area contributed by atoms with Gasteiger partial charge in [-0.15, -0.1) is 0 Å². The third kappa shape index (κ3) is 3.43. The Morgan fingerprint density at radius 1 is 1.35 bits per heavy atom. The van der Waals surface area contributed by atoms with Crippen LogP contribution in [0.2, 0.25) is 0 Å². The van der Waals surface area contributed by atoms with Gasteiger partial charge in [0.15, 0.2) is 11.6 Å². The second kappa shape index (κ2) is 6.31. The minimum atomic E-state index is -1.45. The number of carbonyl (C=O) groups is 2. The van der Waals surface area contributed by atoms with Gasteiger partial charge in [-0.1, -0.05) is 6.92 Å². The second-order valence-electron chi connectivity index (χ2n) is 4.42. The predicted molar refractivity (Wildman–Crippen MR) is 69.9 cm³/mol. The first-order chi connectivity index (χ1) is 9.27. The number of carboxylic acids is 1. The molecule has 0 aliphatic heterocycles. The molecule has 0 heterocycles. The zero-order chi connectivity index (χ0) is 15.4. The molecule has 0 aliphatic carbocycles. The first kappa shape index (κ1) is 15.9. The number of nitrogens with zero attached hydrogens (tertiary/aromatic N) is 1. The van der Waals surface area contributed by atoms with Gasteiger partial charge in [-0.3, -0.25) is 0 Å². The molecule has 110 valence electrons. The van der Waals surface area contributed by atoms with E-state index in [2.05, 4.69) is 5.32 Å². The normalized spacial score (nSPS) is 11.8. The third-order valence-electron chi connectivity index (χ3n) is 3.10. The number of urea groups is 1. The van der Waals surface area contributed by atoms with Crippen LogP contribution < -0.4 is 5.32 Å². The van der Waals surface area contributed by atoms with Crippen molar-refractivity contribution in [2.45, 2.75) is 26.3 Å².